The molecule has 3 aliphatic rings. The molecule has 2 aliphatic carbocycles. The molecule has 0 aromatic heterocycles. The van der Waals surface area contributed by atoms with Gasteiger partial charge < -0.3 is 10.1 Å². The van der Waals surface area contributed by atoms with Gasteiger partial charge in [0.2, 0.25) is 11.8 Å². The van der Waals surface area contributed by atoms with Gasteiger partial charge in [0.15, 0.2) is 6.61 Å². The van der Waals surface area contributed by atoms with Crippen molar-refractivity contribution in [1.29, 1.82) is 0 Å². The van der Waals surface area contributed by atoms with Crippen LogP contribution in [0.5, 0.6) is 0 Å². The third-order valence-corrected chi connectivity index (χ3v) is 8.69. The number of anilines is 2. The molecule has 1 saturated heterocycles. The number of benzene rings is 2. The van der Waals surface area contributed by atoms with Crippen LogP contribution in [0.25, 0.3) is 0 Å². The molecule has 2 saturated carbocycles. The van der Waals surface area contributed by atoms with Crippen LogP contribution in [0.2, 0.25) is 5.02 Å². The Morgan fingerprint density at radius 3 is 2.34 bits per heavy atom. The first-order valence-electron chi connectivity index (χ1n) is 11.2. The highest BCUT2D eigenvalue weighted by Gasteiger charge is 2.66. The van der Waals surface area contributed by atoms with E-state index in [2.05, 4.69) is 5.32 Å². The highest BCUT2D eigenvalue weighted by molar-refractivity contribution is 6.32. The fourth-order valence-electron chi connectivity index (χ4n) is 5.50. The summed E-state index contributed by atoms with van der Waals surface area (Å²) < 4.78 is 5.14. The molecule has 0 radical (unpaired) electrons. The maximum Gasteiger partial charge on any atom is 0.338 e. The van der Waals surface area contributed by atoms with Crippen LogP contribution < -0.4 is 10.2 Å². The van der Waals surface area contributed by atoms with E-state index in [1.165, 1.54) is 12.1 Å². The Balaban J connectivity index is 1.27. The summed E-state index contributed by atoms with van der Waals surface area (Å²) in [6.07, 6.45) is 0.673. The number of aryl methyl sites for hydroxylation is 1. The number of rotatable bonds is 5. The van der Waals surface area contributed by atoms with E-state index in [1.807, 2.05) is 6.92 Å². The minimum atomic E-state index is -0.759. The number of ether oxygens (including phenoxy) is 1. The number of esters is 1. The maximum atomic E-state index is 13.2. The summed E-state index contributed by atoms with van der Waals surface area (Å²) >= 11 is 18.8. The summed E-state index contributed by atoms with van der Waals surface area (Å²) in [6.45, 7) is 1.29. The summed E-state index contributed by atoms with van der Waals surface area (Å²) in [5.74, 6) is -3.16. The van der Waals surface area contributed by atoms with Crippen molar-refractivity contribution in [3.8, 4) is 0 Å². The van der Waals surface area contributed by atoms with E-state index in [9.17, 15) is 19.2 Å². The molecule has 3 amide bonds. The van der Waals surface area contributed by atoms with Crippen LogP contribution in [0.4, 0.5) is 11.4 Å². The average Bonchev–Trinajstić information content (AvgIpc) is 3.44. The standard InChI is InChI=1S/C25H21Cl3N2O5/c1-11-5-6-13(26)8-17(11)29-18(31)10-35-25(34)12-3-2-4-14(7-12)30-23(32)19-15-9-16(20(19)24(30)33)22(28)21(15)27/h2-8,15-16,19-22H,9-10H2,1H3,(H,29,31)/t15-,16-,19-,20+,21-,22+/m1/s1. The molecule has 2 bridgehead atoms. The maximum absolute atomic E-state index is 13.2. The van der Waals surface area contributed by atoms with Crippen LogP contribution in [0.3, 0.4) is 0 Å². The second kappa shape index (κ2) is 9.12. The first-order valence-corrected chi connectivity index (χ1v) is 12.4. The summed E-state index contributed by atoms with van der Waals surface area (Å²) in [6, 6.07) is 11.1. The van der Waals surface area contributed by atoms with Crippen LogP contribution in [0, 0.1) is 30.6 Å². The second-order valence-electron chi connectivity index (χ2n) is 9.15. The first kappa shape index (κ1) is 24.1. The molecule has 0 spiro atoms. The predicted octanol–water partition coefficient (Wildman–Crippen LogP) is 4.41. The number of hydrogen-bond acceptors (Lipinski definition) is 5. The van der Waals surface area contributed by atoms with Crippen LogP contribution in [-0.2, 0) is 19.1 Å². The van der Waals surface area contributed by atoms with Gasteiger partial charge in [-0.3, -0.25) is 19.3 Å². The lowest BCUT2D eigenvalue weighted by Gasteiger charge is -2.28. The molecule has 1 heterocycles. The normalized spacial score (nSPS) is 28.9. The molecule has 5 rings (SSSR count). The summed E-state index contributed by atoms with van der Waals surface area (Å²) in [4.78, 5) is 52.4. The van der Waals surface area contributed by atoms with Crippen molar-refractivity contribution in [3.05, 3.63) is 58.6 Å². The van der Waals surface area contributed by atoms with Crippen LogP contribution in [0.15, 0.2) is 42.5 Å². The minimum absolute atomic E-state index is 0.111. The average molecular weight is 536 g/mol. The lowest BCUT2D eigenvalue weighted by atomic mass is 9.80. The van der Waals surface area contributed by atoms with Crippen molar-refractivity contribution in [2.24, 2.45) is 23.7 Å². The molecule has 1 aliphatic heterocycles. The fourth-order valence-corrected chi connectivity index (χ4v) is 6.57. The van der Waals surface area contributed by atoms with E-state index < -0.39 is 30.3 Å². The summed E-state index contributed by atoms with van der Waals surface area (Å²) in [7, 11) is 0. The number of halogens is 3. The SMILES string of the molecule is Cc1ccc(Cl)cc1NC(=O)COC(=O)c1cccc(N2C(=O)[C@@H]3[C@H]4C[C@@H]([C@H](Cl)[C@@H]4Cl)[C@@H]3C2=O)c1. The highest BCUT2D eigenvalue weighted by atomic mass is 35.5. The summed E-state index contributed by atoms with van der Waals surface area (Å²) in [5.41, 5.74) is 1.71. The number of imide groups is 1. The molecule has 182 valence electrons. The zero-order chi connectivity index (χ0) is 25.0. The number of nitrogens with zero attached hydrogens (tertiary/aromatic N) is 1. The second-order valence-corrected chi connectivity index (χ2v) is 10.6. The van der Waals surface area contributed by atoms with Gasteiger partial charge in [-0.05, 0) is 61.1 Å². The van der Waals surface area contributed by atoms with E-state index >= 15 is 0 Å². The van der Waals surface area contributed by atoms with Gasteiger partial charge in [-0.15, -0.1) is 23.2 Å². The van der Waals surface area contributed by atoms with Gasteiger partial charge in [0.25, 0.3) is 5.91 Å². The molecule has 2 aromatic rings. The molecular weight excluding hydrogens is 515 g/mol. The van der Waals surface area contributed by atoms with E-state index in [1.54, 1.807) is 30.3 Å². The highest BCUT2D eigenvalue weighted by Crippen LogP contribution is 2.59. The quantitative estimate of drug-likeness (QED) is 0.348. The van der Waals surface area contributed by atoms with Crippen LogP contribution in [-0.4, -0.2) is 41.1 Å². The van der Waals surface area contributed by atoms with Gasteiger partial charge in [-0.2, -0.15) is 0 Å². The van der Waals surface area contributed by atoms with Gasteiger partial charge in [-0.25, -0.2) is 4.79 Å². The van der Waals surface area contributed by atoms with Gasteiger partial charge in [0, 0.05) is 10.7 Å². The zero-order valence-electron chi connectivity index (χ0n) is 18.5. The van der Waals surface area contributed by atoms with Crippen molar-refractivity contribution in [1.82, 2.24) is 0 Å². The van der Waals surface area contributed by atoms with Crippen molar-refractivity contribution >= 4 is 69.9 Å². The Bertz CT molecular complexity index is 1220. The van der Waals surface area contributed by atoms with Crippen molar-refractivity contribution < 1.29 is 23.9 Å². The Morgan fingerprint density at radius 1 is 1.03 bits per heavy atom. The number of nitrogens with one attached hydrogen (secondary N) is 1. The summed E-state index contributed by atoms with van der Waals surface area (Å²) in [5, 5.41) is 2.42. The molecule has 3 fully saturated rings. The molecule has 2 aromatic carbocycles. The smallest absolute Gasteiger partial charge is 0.338 e. The number of hydrogen-bond donors (Lipinski definition) is 1. The van der Waals surface area contributed by atoms with E-state index in [4.69, 9.17) is 39.5 Å². The molecule has 0 unspecified atom stereocenters. The third-order valence-electron chi connectivity index (χ3n) is 7.14. The Kier molecular flexibility index (Phi) is 6.28. The number of fused-ring (bicyclic) bond motifs is 5. The molecule has 6 atom stereocenters. The Hall–Kier alpha value is -2.61. The first-order chi connectivity index (χ1) is 16.7. The third kappa shape index (κ3) is 4.09. The number of alkyl halides is 2. The number of carbonyl (C=O) groups excluding carboxylic acids is 4. The topological polar surface area (TPSA) is 92.8 Å². The van der Waals surface area contributed by atoms with Gasteiger partial charge in [0.05, 0.1) is 33.8 Å². The zero-order valence-corrected chi connectivity index (χ0v) is 20.8. The van der Waals surface area contributed by atoms with Gasteiger partial charge >= 0.3 is 5.97 Å². The van der Waals surface area contributed by atoms with E-state index in [0.717, 1.165) is 10.5 Å². The molecule has 35 heavy (non-hydrogen) atoms. The van der Waals surface area contributed by atoms with Gasteiger partial charge in [0.1, 0.15) is 0 Å². The Labute approximate surface area is 216 Å². The molecule has 1 N–H and O–H groups in total. The van der Waals surface area contributed by atoms with Gasteiger partial charge in [-0.1, -0.05) is 23.7 Å². The van der Waals surface area contributed by atoms with Crippen molar-refractivity contribution in [3.63, 3.8) is 0 Å². The number of carbonyl (C=O) groups is 4. The fraction of sp³-hybridized carbons (Fsp3) is 0.360. The monoisotopic (exact) mass is 534 g/mol. The molecule has 7 nitrogen and oxygen atoms in total. The molecular formula is C25H21Cl3N2O5. The van der Waals surface area contributed by atoms with Crippen molar-refractivity contribution in [2.45, 2.75) is 24.1 Å². The van der Waals surface area contributed by atoms with Crippen molar-refractivity contribution in [2.75, 3.05) is 16.8 Å². The lowest BCUT2D eigenvalue weighted by molar-refractivity contribution is -0.123. The predicted molar refractivity (Wildman–Crippen MR) is 132 cm³/mol. The van der Waals surface area contributed by atoms with Crippen LogP contribution >= 0.6 is 34.8 Å². The van der Waals surface area contributed by atoms with E-state index in [-0.39, 0.29) is 45.7 Å². The lowest BCUT2D eigenvalue weighted by Crippen LogP contribution is -2.37. The Morgan fingerprint density at radius 2 is 1.69 bits per heavy atom. The van der Waals surface area contributed by atoms with Crippen LogP contribution in [0.1, 0.15) is 22.3 Å². The minimum Gasteiger partial charge on any atom is -0.452 e. The largest absolute Gasteiger partial charge is 0.452 e. The molecule has 10 heteroatoms. The van der Waals surface area contributed by atoms with E-state index in [0.29, 0.717) is 17.1 Å². The number of amides is 3.